The summed E-state index contributed by atoms with van der Waals surface area (Å²) in [5, 5.41) is 9.46. The normalized spacial score (nSPS) is 18.2. The molecule has 1 aromatic heterocycles. The van der Waals surface area contributed by atoms with E-state index in [9.17, 15) is 4.79 Å². The molecule has 1 amide bonds. The van der Waals surface area contributed by atoms with Gasteiger partial charge >= 0.3 is 0 Å². The van der Waals surface area contributed by atoms with Crippen LogP contribution in [0.2, 0.25) is 0 Å². The van der Waals surface area contributed by atoms with Crippen LogP contribution in [-0.2, 0) is 4.79 Å². The monoisotopic (exact) mass is 281 g/mol. The van der Waals surface area contributed by atoms with Gasteiger partial charge < -0.3 is 10.6 Å². The van der Waals surface area contributed by atoms with Gasteiger partial charge in [-0.15, -0.1) is 11.3 Å². The van der Waals surface area contributed by atoms with Crippen molar-refractivity contribution in [1.29, 1.82) is 0 Å². The molecule has 0 spiro atoms. The average Bonchev–Trinajstić information content (AvgIpc) is 2.84. The van der Waals surface area contributed by atoms with Gasteiger partial charge in [-0.25, -0.2) is 4.98 Å². The summed E-state index contributed by atoms with van der Waals surface area (Å²) in [5.41, 5.74) is 0.970. The van der Waals surface area contributed by atoms with Crippen molar-refractivity contribution in [1.82, 2.24) is 15.6 Å². The van der Waals surface area contributed by atoms with Gasteiger partial charge in [-0.05, 0) is 52.1 Å². The zero-order valence-electron chi connectivity index (χ0n) is 11.7. The standard InChI is InChI=1S/C14H23N3OS/c1-10(13-9-19-11(2)17-13)16-14(18)4-3-12-5-7-15-8-6-12/h9-10,12,15H,3-8H2,1-2H3,(H,16,18). The Morgan fingerprint density at radius 2 is 2.32 bits per heavy atom. The molecule has 0 radical (unpaired) electrons. The molecule has 0 bridgehead atoms. The third-order valence-corrected chi connectivity index (χ3v) is 4.49. The van der Waals surface area contributed by atoms with Gasteiger partial charge in [0.25, 0.3) is 0 Å². The van der Waals surface area contributed by atoms with Crippen LogP contribution in [0, 0.1) is 12.8 Å². The minimum Gasteiger partial charge on any atom is -0.348 e. The van der Waals surface area contributed by atoms with Crippen molar-refractivity contribution in [3.8, 4) is 0 Å². The highest BCUT2D eigenvalue weighted by molar-refractivity contribution is 7.09. The quantitative estimate of drug-likeness (QED) is 0.871. The minimum absolute atomic E-state index is 0.0190. The maximum atomic E-state index is 11.9. The van der Waals surface area contributed by atoms with Gasteiger partial charge in [0.15, 0.2) is 0 Å². The summed E-state index contributed by atoms with van der Waals surface area (Å²) in [6.07, 6.45) is 4.05. The number of piperidine rings is 1. The number of nitrogens with one attached hydrogen (secondary N) is 2. The van der Waals surface area contributed by atoms with Crippen molar-refractivity contribution in [3.63, 3.8) is 0 Å². The van der Waals surface area contributed by atoms with Crippen LogP contribution in [0.5, 0.6) is 0 Å². The molecule has 1 aromatic rings. The number of hydrogen-bond acceptors (Lipinski definition) is 4. The van der Waals surface area contributed by atoms with Crippen LogP contribution in [0.1, 0.15) is 49.4 Å². The second-order valence-corrected chi connectivity index (χ2v) is 6.37. The average molecular weight is 281 g/mol. The number of hydrogen-bond donors (Lipinski definition) is 2. The van der Waals surface area contributed by atoms with Crippen molar-refractivity contribution in [2.75, 3.05) is 13.1 Å². The number of nitrogens with zero attached hydrogens (tertiary/aromatic N) is 1. The first kappa shape index (κ1) is 14.5. The number of carbonyl (C=O) groups is 1. The zero-order valence-corrected chi connectivity index (χ0v) is 12.6. The Morgan fingerprint density at radius 3 is 2.95 bits per heavy atom. The molecule has 2 rings (SSSR count). The number of thiazole rings is 1. The third-order valence-electron chi connectivity index (χ3n) is 3.70. The summed E-state index contributed by atoms with van der Waals surface area (Å²) in [5.74, 6) is 0.862. The van der Waals surface area contributed by atoms with E-state index in [4.69, 9.17) is 0 Å². The molecule has 1 atom stereocenters. The van der Waals surface area contributed by atoms with E-state index in [0.717, 1.165) is 30.2 Å². The lowest BCUT2D eigenvalue weighted by atomic mass is 9.93. The van der Waals surface area contributed by atoms with Crippen LogP contribution in [0.15, 0.2) is 5.38 Å². The summed E-state index contributed by atoms with van der Waals surface area (Å²) in [7, 11) is 0. The third kappa shape index (κ3) is 4.58. The van der Waals surface area contributed by atoms with Gasteiger partial charge in [-0.1, -0.05) is 0 Å². The Kier molecular flexibility index (Phi) is 5.34. The number of amides is 1. The molecule has 0 aliphatic carbocycles. The Bertz CT molecular complexity index is 413. The molecule has 4 nitrogen and oxygen atoms in total. The fraction of sp³-hybridized carbons (Fsp3) is 0.714. The molecule has 0 aromatic carbocycles. The summed E-state index contributed by atoms with van der Waals surface area (Å²) in [6, 6.07) is 0.0190. The smallest absolute Gasteiger partial charge is 0.220 e. The first-order valence-corrected chi connectivity index (χ1v) is 7.95. The van der Waals surface area contributed by atoms with Gasteiger partial charge in [0.1, 0.15) is 0 Å². The molecule has 106 valence electrons. The second kappa shape index (κ2) is 7.01. The van der Waals surface area contributed by atoms with Crippen LogP contribution >= 0.6 is 11.3 Å². The van der Waals surface area contributed by atoms with Crippen molar-refractivity contribution >= 4 is 17.2 Å². The molecule has 1 unspecified atom stereocenters. The van der Waals surface area contributed by atoms with E-state index in [-0.39, 0.29) is 11.9 Å². The number of rotatable bonds is 5. The van der Waals surface area contributed by atoms with Gasteiger partial charge in [0, 0.05) is 11.8 Å². The number of aryl methyl sites for hydroxylation is 1. The molecule has 2 N–H and O–H groups in total. The molecule has 2 heterocycles. The molecule has 5 heteroatoms. The fourth-order valence-corrected chi connectivity index (χ4v) is 3.18. The predicted octanol–water partition coefficient (Wildman–Crippen LogP) is 2.41. The van der Waals surface area contributed by atoms with E-state index in [1.54, 1.807) is 11.3 Å². The molecule has 19 heavy (non-hydrogen) atoms. The van der Waals surface area contributed by atoms with Crippen molar-refractivity contribution < 1.29 is 4.79 Å². The van der Waals surface area contributed by atoms with E-state index in [0.29, 0.717) is 12.3 Å². The maximum Gasteiger partial charge on any atom is 0.220 e. The lowest BCUT2D eigenvalue weighted by Gasteiger charge is -2.22. The highest BCUT2D eigenvalue weighted by Crippen LogP contribution is 2.19. The lowest BCUT2D eigenvalue weighted by molar-refractivity contribution is -0.122. The second-order valence-electron chi connectivity index (χ2n) is 5.31. The van der Waals surface area contributed by atoms with Crippen LogP contribution in [0.4, 0.5) is 0 Å². The van der Waals surface area contributed by atoms with Crippen molar-refractivity contribution in [3.05, 3.63) is 16.1 Å². The van der Waals surface area contributed by atoms with Crippen LogP contribution in [-0.4, -0.2) is 24.0 Å². The summed E-state index contributed by atoms with van der Waals surface area (Å²) >= 11 is 1.63. The van der Waals surface area contributed by atoms with Crippen molar-refractivity contribution in [2.45, 2.75) is 45.6 Å². The Labute approximate surface area is 119 Å². The predicted molar refractivity (Wildman–Crippen MR) is 78.2 cm³/mol. The summed E-state index contributed by atoms with van der Waals surface area (Å²) in [6.45, 7) is 6.18. The first-order valence-electron chi connectivity index (χ1n) is 7.07. The van der Waals surface area contributed by atoms with Gasteiger partial charge in [0.2, 0.25) is 5.91 Å². The van der Waals surface area contributed by atoms with E-state index < -0.39 is 0 Å². The molecule has 1 aliphatic rings. The minimum atomic E-state index is 0.0190. The highest BCUT2D eigenvalue weighted by atomic mass is 32.1. The van der Waals surface area contributed by atoms with E-state index in [1.165, 1.54) is 12.8 Å². The van der Waals surface area contributed by atoms with E-state index >= 15 is 0 Å². The lowest BCUT2D eigenvalue weighted by Crippen LogP contribution is -2.30. The van der Waals surface area contributed by atoms with Crippen molar-refractivity contribution in [2.24, 2.45) is 5.92 Å². The van der Waals surface area contributed by atoms with Gasteiger partial charge in [0.05, 0.1) is 16.7 Å². The number of aromatic nitrogens is 1. The maximum absolute atomic E-state index is 11.9. The van der Waals surface area contributed by atoms with Crippen LogP contribution in [0.25, 0.3) is 0 Å². The van der Waals surface area contributed by atoms with Crippen LogP contribution in [0.3, 0.4) is 0 Å². The van der Waals surface area contributed by atoms with Gasteiger partial charge in [-0.2, -0.15) is 0 Å². The molecule has 1 fully saturated rings. The first-order chi connectivity index (χ1) is 9.15. The zero-order chi connectivity index (χ0) is 13.7. The Morgan fingerprint density at radius 1 is 1.58 bits per heavy atom. The van der Waals surface area contributed by atoms with Crippen LogP contribution < -0.4 is 10.6 Å². The molecule has 1 saturated heterocycles. The van der Waals surface area contributed by atoms with E-state index in [2.05, 4.69) is 15.6 Å². The molecular weight excluding hydrogens is 258 g/mol. The fourth-order valence-electron chi connectivity index (χ4n) is 2.47. The topological polar surface area (TPSA) is 54.0 Å². The largest absolute Gasteiger partial charge is 0.348 e. The van der Waals surface area contributed by atoms with Gasteiger partial charge in [-0.3, -0.25) is 4.79 Å². The molecule has 1 aliphatic heterocycles. The SMILES string of the molecule is Cc1nc(C(C)NC(=O)CCC2CCNCC2)cs1. The molecular formula is C14H23N3OS. The summed E-state index contributed by atoms with van der Waals surface area (Å²) in [4.78, 5) is 16.3. The highest BCUT2D eigenvalue weighted by Gasteiger charge is 2.16. The Hall–Kier alpha value is -0.940. The van der Waals surface area contributed by atoms with E-state index in [1.807, 2.05) is 19.2 Å². The Balaban J connectivity index is 1.71. The number of carbonyl (C=O) groups excluding carboxylic acids is 1. The molecule has 0 saturated carbocycles. The summed E-state index contributed by atoms with van der Waals surface area (Å²) < 4.78 is 0.